The van der Waals surface area contributed by atoms with Crippen molar-refractivity contribution in [2.24, 2.45) is 10.9 Å². The van der Waals surface area contributed by atoms with Crippen LogP contribution in [0.15, 0.2) is 4.99 Å². The maximum Gasteiger partial charge on any atom is 0.239 e. The van der Waals surface area contributed by atoms with Gasteiger partial charge in [0.05, 0.1) is 6.54 Å². The van der Waals surface area contributed by atoms with E-state index in [1.54, 1.807) is 7.05 Å². The highest BCUT2D eigenvalue weighted by atomic mass is 16.2. The fourth-order valence-electron chi connectivity index (χ4n) is 2.45. The molecule has 122 valence electrons. The molecular formula is C15H31N5O. The number of likely N-dealkylation sites (tertiary alicyclic amines) is 1. The Bertz CT molecular complexity index is 362. The summed E-state index contributed by atoms with van der Waals surface area (Å²) >= 11 is 0. The zero-order valence-electron chi connectivity index (χ0n) is 14.1. The molecule has 0 aromatic rings. The molecule has 6 heteroatoms. The second-order valence-corrected chi connectivity index (χ2v) is 6.65. The number of amides is 1. The number of guanidine groups is 1. The van der Waals surface area contributed by atoms with E-state index in [0.29, 0.717) is 11.9 Å². The first-order valence-electron chi connectivity index (χ1n) is 7.82. The molecule has 1 aliphatic heterocycles. The molecular weight excluding hydrogens is 266 g/mol. The molecule has 1 heterocycles. The topological polar surface area (TPSA) is 68.8 Å². The second kappa shape index (κ2) is 8.22. The molecule has 6 nitrogen and oxygen atoms in total. The predicted molar refractivity (Wildman–Crippen MR) is 87.5 cm³/mol. The van der Waals surface area contributed by atoms with Gasteiger partial charge in [-0.1, -0.05) is 6.92 Å². The van der Waals surface area contributed by atoms with Crippen molar-refractivity contribution in [3.8, 4) is 0 Å². The molecule has 0 saturated carbocycles. The predicted octanol–water partition coefficient (Wildman–Crippen LogP) is 0.408. The van der Waals surface area contributed by atoms with Crippen molar-refractivity contribution in [3.63, 3.8) is 0 Å². The number of nitrogens with zero attached hydrogens (tertiary/aromatic N) is 2. The molecule has 0 aliphatic carbocycles. The van der Waals surface area contributed by atoms with E-state index in [1.165, 1.54) is 13.0 Å². The van der Waals surface area contributed by atoms with Gasteiger partial charge in [0, 0.05) is 25.7 Å². The van der Waals surface area contributed by atoms with E-state index in [-0.39, 0.29) is 18.0 Å². The highest BCUT2D eigenvalue weighted by Gasteiger charge is 2.21. The summed E-state index contributed by atoms with van der Waals surface area (Å²) in [6, 6.07) is 0. The zero-order chi connectivity index (χ0) is 15.9. The van der Waals surface area contributed by atoms with Crippen molar-refractivity contribution in [2.75, 3.05) is 39.8 Å². The van der Waals surface area contributed by atoms with E-state index < -0.39 is 0 Å². The summed E-state index contributed by atoms with van der Waals surface area (Å²) < 4.78 is 0. The van der Waals surface area contributed by atoms with Gasteiger partial charge in [-0.3, -0.25) is 9.79 Å². The van der Waals surface area contributed by atoms with Crippen LogP contribution in [-0.4, -0.2) is 62.1 Å². The van der Waals surface area contributed by atoms with E-state index in [1.807, 2.05) is 20.8 Å². The second-order valence-electron chi connectivity index (χ2n) is 6.65. The van der Waals surface area contributed by atoms with E-state index >= 15 is 0 Å². The Morgan fingerprint density at radius 3 is 2.57 bits per heavy atom. The van der Waals surface area contributed by atoms with Crippen molar-refractivity contribution in [1.82, 2.24) is 20.9 Å². The van der Waals surface area contributed by atoms with Gasteiger partial charge in [-0.15, -0.1) is 0 Å². The molecule has 1 saturated heterocycles. The molecule has 3 N–H and O–H groups in total. The highest BCUT2D eigenvalue weighted by molar-refractivity contribution is 5.86. The van der Waals surface area contributed by atoms with E-state index in [4.69, 9.17) is 0 Å². The minimum Gasteiger partial charge on any atom is -0.356 e. The molecule has 1 rings (SSSR count). The van der Waals surface area contributed by atoms with Crippen molar-refractivity contribution < 1.29 is 4.79 Å². The van der Waals surface area contributed by atoms with Gasteiger partial charge in [0.25, 0.3) is 0 Å². The van der Waals surface area contributed by atoms with Gasteiger partial charge in [0.2, 0.25) is 5.91 Å². The van der Waals surface area contributed by atoms with Gasteiger partial charge in [0.1, 0.15) is 0 Å². The lowest BCUT2D eigenvalue weighted by Gasteiger charge is -2.21. The largest absolute Gasteiger partial charge is 0.356 e. The van der Waals surface area contributed by atoms with Crippen LogP contribution < -0.4 is 16.0 Å². The summed E-state index contributed by atoms with van der Waals surface area (Å²) in [6.45, 7) is 12.7. The minimum absolute atomic E-state index is 0.0246. The monoisotopic (exact) mass is 297 g/mol. The number of carbonyl (C=O) groups is 1. The molecule has 0 radical (unpaired) electrons. The molecule has 0 spiro atoms. The van der Waals surface area contributed by atoms with Crippen molar-refractivity contribution in [2.45, 2.75) is 39.7 Å². The van der Waals surface area contributed by atoms with Gasteiger partial charge in [0.15, 0.2) is 5.96 Å². The summed E-state index contributed by atoms with van der Waals surface area (Å²) in [5.41, 5.74) is -0.205. The van der Waals surface area contributed by atoms with E-state index in [2.05, 4.69) is 32.8 Å². The van der Waals surface area contributed by atoms with Crippen LogP contribution in [0.25, 0.3) is 0 Å². The average molecular weight is 297 g/mol. The third-order valence-corrected chi connectivity index (χ3v) is 3.53. The molecule has 1 amide bonds. The van der Waals surface area contributed by atoms with Crippen molar-refractivity contribution >= 4 is 11.9 Å². The van der Waals surface area contributed by atoms with Crippen LogP contribution in [-0.2, 0) is 4.79 Å². The molecule has 21 heavy (non-hydrogen) atoms. The molecule has 0 aromatic carbocycles. The van der Waals surface area contributed by atoms with Crippen molar-refractivity contribution in [3.05, 3.63) is 0 Å². The van der Waals surface area contributed by atoms with E-state index in [9.17, 15) is 4.79 Å². The average Bonchev–Trinajstić information content (AvgIpc) is 2.85. The smallest absolute Gasteiger partial charge is 0.239 e. The lowest BCUT2D eigenvalue weighted by molar-refractivity contribution is -0.121. The quantitative estimate of drug-likeness (QED) is 0.508. The Morgan fingerprint density at radius 2 is 2.05 bits per heavy atom. The Kier molecular flexibility index (Phi) is 6.95. The lowest BCUT2D eigenvalue weighted by Crippen LogP contribution is -2.48. The standard InChI is InChI=1S/C15H31N5O/c1-6-20-8-7-12(11-20)9-17-14(16-5)18-10-13(21)19-15(2,3)4/h12H,6-11H2,1-5H3,(H,19,21)(H2,16,17,18). The van der Waals surface area contributed by atoms with Crippen LogP contribution in [0, 0.1) is 5.92 Å². The summed E-state index contributed by atoms with van der Waals surface area (Å²) in [5, 5.41) is 9.28. The fourth-order valence-corrected chi connectivity index (χ4v) is 2.45. The summed E-state index contributed by atoms with van der Waals surface area (Å²) in [4.78, 5) is 18.4. The van der Waals surface area contributed by atoms with Crippen LogP contribution in [0.5, 0.6) is 0 Å². The number of rotatable bonds is 5. The number of aliphatic imine (C=N–C) groups is 1. The maximum atomic E-state index is 11.8. The first kappa shape index (κ1) is 17.8. The third-order valence-electron chi connectivity index (χ3n) is 3.53. The molecule has 1 aliphatic rings. The zero-order valence-corrected chi connectivity index (χ0v) is 14.1. The first-order chi connectivity index (χ1) is 9.84. The number of nitrogens with one attached hydrogen (secondary N) is 3. The number of hydrogen-bond acceptors (Lipinski definition) is 3. The Balaban J connectivity index is 2.25. The van der Waals surface area contributed by atoms with Crippen LogP contribution in [0.2, 0.25) is 0 Å². The van der Waals surface area contributed by atoms with Crippen LogP contribution >= 0.6 is 0 Å². The Hall–Kier alpha value is -1.30. The summed E-state index contributed by atoms with van der Waals surface area (Å²) in [5.74, 6) is 1.32. The molecule has 1 atom stereocenters. The molecule has 1 fully saturated rings. The van der Waals surface area contributed by atoms with E-state index in [0.717, 1.165) is 19.6 Å². The Labute approximate surface area is 128 Å². The lowest BCUT2D eigenvalue weighted by atomic mass is 10.1. The van der Waals surface area contributed by atoms with Gasteiger partial charge in [-0.2, -0.15) is 0 Å². The SMILES string of the molecule is CCN1CCC(CNC(=NC)NCC(=O)NC(C)(C)C)C1. The normalized spacial score (nSPS) is 20.4. The van der Waals surface area contributed by atoms with Gasteiger partial charge < -0.3 is 20.9 Å². The summed E-state index contributed by atoms with van der Waals surface area (Å²) in [6.07, 6.45) is 1.22. The number of carbonyl (C=O) groups excluding carboxylic acids is 1. The highest BCUT2D eigenvalue weighted by Crippen LogP contribution is 2.14. The fraction of sp³-hybridized carbons (Fsp3) is 0.867. The molecule has 0 aromatic heterocycles. The first-order valence-corrected chi connectivity index (χ1v) is 7.82. The maximum absolute atomic E-state index is 11.8. The van der Waals surface area contributed by atoms with Crippen molar-refractivity contribution in [1.29, 1.82) is 0 Å². The third kappa shape index (κ3) is 7.32. The van der Waals surface area contributed by atoms with Crippen LogP contribution in [0.4, 0.5) is 0 Å². The number of hydrogen-bond donors (Lipinski definition) is 3. The molecule has 0 bridgehead atoms. The van der Waals surface area contributed by atoms with Crippen LogP contribution in [0.1, 0.15) is 34.1 Å². The minimum atomic E-state index is -0.205. The van der Waals surface area contributed by atoms with Gasteiger partial charge in [-0.05, 0) is 46.2 Å². The van der Waals surface area contributed by atoms with Gasteiger partial charge >= 0.3 is 0 Å². The van der Waals surface area contributed by atoms with Crippen LogP contribution in [0.3, 0.4) is 0 Å². The molecule has 1 unspecified atom stereocenters. The van der Waals surface area contributed by atoms with Gasteiger partial charge in [-0.25, -0.2) is 0 Å². The summed E-state index contributed by atoms with van der Waals surface area (Å²) in [7, 11) is 1.73. The Morgan fingerprint density at radius 1 is 1.33 bits per heavy atom.